The molecule has 32 heavy (non-hydrogen) atoms. The molecule has 0 N–H and O–H groups in total. The van der Waals surface area contributed by atoms with E-state index in [0.29, 0.717) is 5.65 Å². The molecule has 6 heteroatoms. The summed E-state index contributed by atoms with van der Waals surface area (Å²) in [5, 5.41) is 0.864. The average molecular weight is 432 g/mol. The van der Waals surface area contributed by atoms with Crippen LogP contribution in [0.25, 0.3) is 27.7 Å². The molecule has 1 aliphatic rings. The maximum absolute atomic E-state index is 6.42. The maximum atomic E-state index is 6.42. The lowest BCUT2D eigenvalue weighted by Gasteiger charge is -2.33. The molecule has 168 valence electrons. The van der Waals surface area contributed by atoms with Crippen molar-refractivity contribution in [3.8, 4) is 5.75 Å². The molecular weight excluding hydrogens is 398 g/mol. The fourth-order valence-electron chi connectivity index (χ4n) is 4.43. The van der Waals surface area contributed by atoms with Crippen LogP contribution in [0.15, 0.2) is 18.3 Å². The van der Waals surface area contributed by atoms with Crippen molar-refractivity contribution in [2.24, 2.45) is 0 Å². The second kappa shape index (κ2) is 5.97. The molecular formula is C26H33N5O. The molecule has 1 aromatic carbocycles. The smallest absolute Gasteiger partial charge is 0.168 e. The van der Waals surface area contributed by atoms with Crippen LogP contribution in [0, 0.1) is 0 Å². The van der Waals surface area contributed by atoms with Crippen LogP contribution < -0.4 is 4.74 Å². The van der Waals surface area contributed by atoms with E-state index in [2.05, 4.69) is 90.8 Å². The number of rotatable bonds is 0. The molecule has 4 aromatic rings. The number of hydrogen-bond donors (Lipinski definition) is 0. The Morgan fingerprint density at radius 2 is 1.56 bits per heavy atom. The van der Waals surface area contributed by atoms with Gasteiger partial charge < -0.3 is 4.74 Å². The molecule has 1 aliphatic heterocycles. The third kappa shape index (κ3) is 2.77. The van der Waals surface area contributed by atoms with Gasteiger partial charge in [0.2, 0.25) is 0 Å². The number of fused-ring (bicyclic) bond motifs is 6. The predicted octanol–water partition coefficient (Wildman–Crippen LogP) is 5.87. The first kappa shape index (κ1) is 21.1. The van der Waals surface area contributed by atoms with Crippen LogP contribution >= 0.6 is 0 Å². The molecule has 6 nitrogen and oxygen atoms in total. The van der Waals surface area contributed by atoms with E-state index < -0.39 is 0 Å². The second-order valence-corrected chi connectivity index (χ2v) is 12.2. The Balaban J connectivity index is 1.91. The van der Waals surface area contributed by atoms with Gasteiger partial charge in [0.1, 0.15) is 23.0 Å². The predicted molar refractivity (Wildman–Crippen MR) is 129 cm³/mol. The molecule has 0 fully saturated rings. The quantitative estimate of drug-likeness (QED) is 0.348. The minimum Gasteiger partial charge on any atom is -0.487 e. The average Bonchev–Trinajstić information content (AvgIpc) is 3.10. The van der Waals surface area contributed by atoms with E-state index in [1.165, 1.54) is 5.56 Å². The summed E-state index contributed by atoms with van der Waals surface area (Å²) in [4.78, 5) is 19.7. The van der Waals surface area contributed by atoms with Gasteiger partial charge in [-0.2, -0.15) is 0 Å². The van der Waals surface area contributed by atoms with Gasteiger partial charge >= 0.3 is 0 Å². The highest BCUT2D eigenvalue weighted by Crippen LogP contribution is 2.50. The van der Waals surface area contributed by atoms with Gasteiger partial charge in [0.05, 0.1) is 16.4 Å². The Bertz CT molecular complexity index is 1410. The largest absolute Gasteiger partial charge is 0.487 e. The molecule has 0 saturated carbocycles. The highest BCUT2D eigenvalue weighted by Gasteiger charge is 2.48. The molecule has 0 aliphatic carbocycles. The highest BCUT2D eigenvalue weighted by molar-refractivity contribution is 5.95. The molecule has 0 radical (unpaired) electrons. The normalized spacial score (nSPS) is 17.8. The Morgan fingerprint density at radius 3 is 2.19 bits per heavy atom. The van der Waals surface area contributed by atoms with Crippen molar-refractivity contribution in [3.63, 3.8) is 0 Å². The number of imidazole rings is 1. The standard InChI is InChI=1S/C26H33N5O/c1-23(2,3)21-27-13-14-19(29-21)30-22(24(4,5)6)31-17-12-18-15(11-16(17)28-20(14)31)25(7,8)26(9,10)32-18/h11-13H,1-10H3. The van der Waals surface area contributed by atoms with Crippen molar-refractivity contribution in [2.75, 3.05) is 0 Å². The van der Waals surface area contributed by atoms with Gasteiger partial charge in [-0.1, -0.05) is 55.4 Å². The molecule has 0 amide bonds. The number of benzene rings is 1. The molecule has 4 heterocycles. The lowest BCUT2D eigenvalue weighted by molar-refractivity contribution is 0.0713. The first-order valence-corrected chi connectivity index (χ1v) is 11.3. The lowest BCUT2D eigenvalue weighted by atomic mass is 9.74. The van der Waals surface area contributed by atoms with Crippen molar-refractivity contribution in [2.45, 2.75) is 91.1 Å². The fraction of sp³-hybridized carbons (Fsp3) is 0.538. The molecule has 0 unspecified atom stereocenters. The Morgan fingerprint density at radius 1 is 0.875 bits per heavy atom. The molecule has 0 bridgehead atoms. The van der Waals surface area contributed by atoms with E-state index in [4.69, 9.17) is 19.7 Å². The van der Waals surface area contributed by atoms with Gasteiger partial charge in [-0.25, -0.2) is 19.9 Å². The monoisotopic (exact) mass is 431 g/mol. The zero-order valence-electron chi connectivity index (χ0n) is 20.9. The van der Waals surface area contributed by atoms with Crippen LogP contribution in [0.1, 0.15) is 86.4 Å². The summed E-state index contributed by atoms with van der Waals surface area (Å²) in [7, 11) is 0. The van der Waals surface area contributed by atoms with Gasteiger partial charge in [0.25, 0.3) is 0 Å². The van der Waals surface area contributed by atoms with Crippen LogP contribution in [0.2, 0.25) is 0 Å². The fourth-order valence-corrected chi connectivity index (χ4v) is 4.43. The first-order valence-electron chi connectivity index (χ1n) is 11.3. The maximum Gasteiger partial charge on any atom is 0.168 e. The first-order chi connectivity index (χ1) is 14.6. The SMILES string of the molecule is CC(C)(C)c1ncc2c(n1)nc(C(C)(C)C)n1c3cc4c(cc3nc21)C(C)(C)C(C)(C)O4. The summed E-state index contributed by atoms with van der Waals surface area (Å²) < 4.78 is 8.58. The summed E-state index contributed by atoms with van der Waals surface area (Å²) in [6.07, 6.45) is 1.88. The second-order valence-electron chi connectivity index (χ2n) is 12.2. The lowest BCUT2D eigenvalue weighted by Crippen LogP contribution is -2.41. The van der Waals surface area contributed by atoms with Crippen LogP contribution in [-0.4, -0.2) is 29.9 Å². The minimum atomic E-state index is -0.288. The molecule has 5 rings (SSSR count). The van der Waals surface area contributed by atoms with E-state index in [9.17, 15) is 0 Å². The van der Waals surface area contributed by atoms with Crippen LogP contribution in [-0.2, 0) is 16.2 Å². The topological polar surface area (TPSA) is 65.2 Å². The summed E-state index contributed by atoms with van der Waals surface area (Å²) >= 11 is 0. The minimum absolute atomic E-state index is 0.121. The van der Waals surface area contributed by atoms with E-state index in [-0.39, 0.29) is 21.8 Å². The van der Waals surface area contributed by atoms with Crippen LogP contribution in [0.5, 0.6) is 5.75 Å². The van der Waals surface area contributed by atoms with Gasteiger partial charge in [0.15, 0.2) is 11.3 Å². The number of ether oxygens (including phenoxy) is 1. The Labute approximate surface area is 189 Å². The zero-order valence-corrected chi connectivity index (χ0v) is 20.9. The van der Waals surface area contributed by atoms with Crippen molar-refractivity contribution in [3.05, 3.63) is 35.5 Å². The van der Waals surface area contributed by atoms with Crippen molar-refractivity contribution >= 4 is 27.7 Å². The number of nitrogens with zero attached hydrogens (tertiary/aromatic N) is 5. The van der Waals surface area contributed by atoms with Gasteiger partial charge in [0, 0.05) is 34.1 Å². The number of aromatic nitrogens is 5. The number of hydrogen-bond acceptors (Lipinski definition) is 5. The van der Waals surface area contributed by atoms with E-state index in [1.807, 2.05) is 6.20 Å². The van der Waals surface area contributed by atoms with Crippen LogP contribution in [0.4, 0.5) is 0 Å². The third-order valence-corrected chi connectivity index (χ3v) is 7.07. The van der Waals surface area contributed by atoms with Crippen molar-refractivity contribution in [1.82, 2.24) is 24.3 Å². The van der Waals surface area contributed by atoms with E-state index in [1.54, 1.807) is 0 Å². The van der Waals surface area contributed by atoms with E-state index in [0.717, 1.165) is 39.5 Å². The Kier molecular flexibility index (Phi) is 3.94. The molecule has 3 aromatic heterocycles. The molecule has 0 saturated heterocycles. The zero-order chi connectivity index (χ0) is 23.4. The molecule has 0 spiro atoms. The summed E-state index contributed by atoms with van der Waals surface area (Å²) in [6, 6.07) is 4.32. The highest BCUT2D eigenvalue weighted by atomic mass is 16.5. The summed E-state index contributed by atoms with van der Waals surface area (Å²) in [6.45, 7) is 21.6. The van der Waals surface area contributed by atoms with Gasteiger partial charge in [-0.3, -0.25) is 4.40 Å². The third-order valence-electron chi connectivity index (χ3n) is 7.07. The van der Waals surface area contributed by atoms with Gasteiger partial charge in [-0.15, -0.1) is 0 Å². The van der Waals surface area contributed by atoms with Crippen molar-refractivity contribution < 1.29 is 4.74 Å². The summed E-state index contributed by atoms with van der Waals surface area (Å²) in [5.41, 5.74) is 3.92. The van der Waals surface area contributed by atoms with E-state index >= 15 is 0 Å². The van der Waals surface area contributed by atoms with Crippen LogP contribution in [0.3, 0.4) is 0 Å². The van der Waals surface area contributed by atoms with Crippen molar-refractivity contribution in [1.29, 1.82) is 0 Å². The molecule has 0 atom stereocenters. The summed E-state index contributed by atoms with van der Waals surface area (Å²) in [5.74, 6) is 2.64. The Hall–Kier alpha value is -2.76. The van der Waals surface area contributed by atoms with Gasteiger partial charge in [-0.05, 0) is 19.9 Å².